The molecule has 62 valence electrons. The third kappa shape index (κ3) is 2.60. The van der Waals surface area contributed by atoms with Crippen LogP contribution in [0.15, 0.2) is 10.9 Å². The smallest absolute Gasteiger partial charge is 0.0795 e. The first-order valence-corrected chi connectivity index (χ1v) is 4.78. The monoisotopic (exact) mass is 170 g/mol. The van der Waals surface area contributed by atoms with Crippen LogP contribution < -0.4 is 5.32 Å². The van der Waals surface area contributed by atoms with Crippen LogP contribution in [0, 0.1) is 0 Å². The lowest BCUT2D eigenvalue weighted by atomic mass is 10.2. The summed E-state index contributed by atoms with van der Waals surface area (Å²) in [6.45, 7) is 6.42. The summed E-state index contributed by atoms with van der Waals surface area (Å²) in [5.41, 5.74) is 3.01. The van der Waals surface area contributed by atoms with E-state index in [9.17, 15) is 0 Å². The van der Waals surface area contributed by atoms with Crippen LogP contribution in [0.4, 0.5) is 0 Å². The molecule has 1 atom stereocenters. The molecule has 3 heteroatoms. The normalized spacial score (nSPS) is 13.8. The van der Waals surface area contributed by atoms with Gasteiger partial charge >= 0.3 is 0 Å². The fourth-order valence-corrected chi connectivity index (χ4v) is 1.67. The van der Waals surface area contributed by atoms with E-state index < -0.39 is 0 Å². The number of nitrogens with zero attached hydrogens (tertiary/aromatic N) is 1. The van der Waals surface area contributed by atoms with E-state index in [1.165, 1.54) is 0 Å². The van der Waals surface area contributed by atoms with Crippen LogP contribution in [0.25, 0.3) is 0 Å². The third-order valence-corrected chi connectivity index (χ3v) is 2.08. The Balaban J connectivity index is 2.49. The van der Waals surface area contributed by atoms with Crippen LogP contribution in [-0.4, -0.2) is 11.0 Å². The molecule has 11 heavy (non-hydrogen) atoms. The van der Waals surface area contributed by atoms with Gasteiger partial charge in [-0.05, 0) is 6.92 Å². The summed E-state index contributed by atoms with van der Waals surface area (Å²) >= 11 is 1.64. The highest BCUT2D eigenvalue weighted by atomic mass is 32.1. The molecule has 0 spiro atoms. The van der Waals surface area contributed by atoms with Crippen molar-refractivity contribution in [2.45, 2.75) is 32.9 Å². The van der Waals surface area contributed by atoms with Gasteiger partial charge < -0.3 is 5.32 Å². The molecule has 0 aliphatic heterocycles. The fraction of sp³-hybridized carbons (Fsp3) is 0.625. The van der Waals surface area contributed by atoms with Crippen molar-refractivity contribution in [3.63, 3.8) is 0 Å². The first-order valence-electron chi connectivity index (χ1n) is 3.84. The molecular weight excluding hydrogens is 156 g/mol. The van der Waals surface area contributed by atoms with E-state index >= 15 is 0 Å². The Morgan fingerprint density at radius 2 is 2.18 bits per heavy atom. The van der Waals surface area contributed by atoms with Crippen LogP contribution >= 0.6 is 11.3 Å². The molecule has 0 saturated carbocycles. The number of hydrogen-bond acceptors (Lipinski definition) is 3. The van der Waals surface area contributed by atoms with Gasteiger partial charge in [-0.15, -0.1) is 11.3 Å². The van der Waals surface area contributed by atoms with Crippen LogP contribution in [0.3, 0.4) is 0 Å². The summed E-state index contributed by atoms with van der Waals surface area (Å²) in [4.78, 5) is 4.23. The molecule has 0 bridgehead atoms. The molecule has 0 aliphatic carbocycles. The molecule has 0 fully saturated rings. The lowest BCUT2D eigenvalue weighted by molar-refractivity contribution is 0.499. The van der Waals surface area contributed by atoms with Gasteiger partial charge in [-0.25, -0.2) is 4.98 Å². The zero-order valence-electron chi connectivity index (χ0n) is 7.16. The van der Waals surface area contributed by atoms with E-state index in [4.69, 9.17) is 0 Å². The Hall–Kier alpha value is -0.410. The summed E-state index contributed by atoms with van der Waals surface area (Å²) in [6.07, 6.45) is 0. The van der Waals surface area contributed by atoms with Gasteiger partial charge in [0, 0.05) is 17.5 Å². The van der Waals surface area contributed by atoms with Gasteiger partial charge in [0.25, 0.3) is 0 Å². The molecule has 1 heterocycles. The van der Waals surface area contributed by atoms with Crippen LogP contribution in [0.5, 0.6) is 0 Å². The molecule has 0 radical (unpaired) electrons. The van der Waals surface area contributed by atoms with Gasteiger partial charge in [0.1, 0.15) is 0 Å². The van der Waals surface area contributed by atoms with Crippen molar-refractivity contribution < 1.29 is 0 Å². The number of nitrogens with one attached hydrogen (secondary N) is 1. The largest absolute Gasteiger partial charge is 0.307 e. The quantitative estimate of drug-likeness (QED) is 0.752. The molecule has 1 N–H and O–H groups in total. The average molecular weight is 170 g/mol. The molecule has 0 aromatic carbocycles. The van der Waals surface area contributed by atoms with E-state index in [2.05, 4.69) is 36.5 Å². The van der Waals surface area contributed by atoms with Gasteiger partial charge in [0.15, 0.2) is 0 Å². The molecule has 1 rings (SSSR count). The molecule has 1 aromatic rings. The van der Waals surface area contributed by atoms with E-state index in [0.29, 0.717) is 12.1 Å². The zero-order chi connectivity index (χ0) is 8.27. The van der Waals surface area contributed by atoms with Gasteiger partial charge in [0.05, 0.1) is 11.2 Å². The third-order valence-electron chi connectivity index (χ3n) is 1.48. The van der Waals surface area contributed by atoms with Crippen molar-refractivity contribution in [1.29, 1.82) is 0 Å². The Labute approximate surface area is 71.7 Å². The van der Waals surface area contributed by atoms with Gasteiger partial charge in [0.2, 0.25) is 0 Å². The molecule has 1 aromatic heterocycles. The molecule has 1 unspecified atom stereocenters. The second kappa shape index (κ2) is 3.83. The van der Waals surface area contributed by atoms with Crippen molar-refractivity contribution >= 4 is 11.3 Å². The minimum absolute atomic E-state index is 0.376. The summed E-state index contributed by atoms with van der Waals surface area (Å²) < 4.78 is 0. The summed E-state index contributed by atoms with van der Waals surface area (Å²) in [6, 6.07) is 0.896. The summed E-state index contributed by atoms with van der Waals surface area (Å²) in [7, 11) is 0. The lowest BCUT2D eigenvalue weighted by Gasteiger charge is -2.13. The zero-order valence-corrected chi connectivity index (χ0v) is 7.98. The van der Waals surface area contributed by atoms with Crippen molar-refractivity contribution in [2.75, 3.05) is 0 Å². The van der Waals surface area contributed by atoms with Crippen LogP contribution in [0.1, 0.15) is 32.5 Å². The first kappa shape index (κ1) is 8.68. The Morgan fingerprint density at radius 1 is 1.45 bits per heavy atom. The first-order chi connectivity index (χ1) is 5.20. The Bertz CT molecular complexity index is 194. The number of hydrogen-bond donors (Lipinski definition) is 1. The minimum Gasteiger partial charge on any atom is -0.307 e. The Kier molecular flexibility index (Phi) is 3.02. The molecule has 0 saturated heterocycles. The average Bonchev–Trinajstić information content (AvgIpc) is 2.35. The van der Waals surface area contributed by atoms with Crippen molar-refractivity contribution in [1.82, 2.24) is 10.3 Å². The Morgan fingerprint density at radius 3 is 2.64 bits per heavy atom. The van der Waals surface area contributed by atoms with E-state index in [-0.39, 0.29) is 0 Å². The highest BCUT2D eigenvalue weighted by Crippen LogP contribution is 2.11. The van der Waals surface area contributed by atoms with Crippen LogP contribution in [0.2, 0.25) is 0 Å². The van der Waals surface area contributed by atoms with Crippen LogP contribution in [-0.2, 0) is 0 Å². The molecule has 2 nitrogen and oxygen atoms in total. The molecule has 0 amide bonds. The summed E-state index contributed by atoms with van der Waals surface area (Å²) in [5, 5.41) is 5.47. The fourth-order valence-electron chi connectivity index (χ4n) is 1.02. The highest BCUT2D eigenvalue weighted by molar-refractivity contribution is 7.07. The number of rotatable bonds is 3. The standard InChI is InChI=1S/C8H14N2S/c1-6(2)10-7(3)8-4-11-5-9-8/h4-7,10H,1-3H3. The van der Waals surface area contributed by atoms with E-state index in [1.807, 2.05) is 5.51 Å². The number of aromatic nitrogens is 1. The predicted molar refractivity (Wildman–Crippen MR) is 48.8 cm³/mol. The second-order valence-corrected chi connectivity index (χ2v) is 3.68. The minimum atomic E-state index is 0.376. The van der Waals surface area contributed by atoms with Crippen molar-refractivity contribution in [2.24, 2.45) is 0 Å². The highest BCUT2D eigenvalue weighted by Gasteiger charge is 2.06. The maximum atomic E-state index is 4.23. The van der Waals surface area contributed by atoms with Crippen molar-refractivity contribution in [3.05, 3.63) is 16.6 Å². The molecular formula is C8H14N2S. The van der Waals surface area contributed by atoms with E-state index in [1.54, 1.807) is 11.3 Å². The molecule has 0 aliphatic rings. The number of thiazole rings is 1. The SMILES string of the molecule is CC(C)NC(C)c1cscn1. The second-order valence-electron chi connectivity index (χ2n) is 2.96. The maximum Gasteiger partial charge on any atom is 0.0795 e. The van der Waals surface area contributed by atoms with E-state index in [0.717, 1.165) is 5.69 Å². The van der Waals surface area contributed by atoms with Crippen molar-refractivity contribution in [3.8, 4) is 0 Å². The maximum absolute atomic E-state index is 4.23. The van der Waals surface area contributed by atoms with Gasteiger partial charge in [-0.2, -0.15) is 0 Å². The summed E-state index contributed by atoms with van der Waals surface area (Å²) in [5.74, 6) is 0. The lowest BCUT2D eigenvalue weighted by Crippen LogP contribution is -2.26. The van der Waals surface area contributed by atoms with Gasteiger partial charge in [-0.3, -0.25) is 0 Å². The van der Waals surface area contributed by atoms with Gasteiger partial charge in [-0.1, -0.05) is 13.8 Å². The topological polar surface area (TPSA) is 24.9 Å². The predicted octanol–water partition coefficient (Wildman–Crippen LogP) is 2.20.